The Balaban J connectivity index is 1.72. The number of halogens is 1. The van der Waals surface area contributed by atoms with E-state index in [9.17, 15) is 14.0 Å². The van der Waals surface area contributed by atoms with E-state index in [2.05, 4.69) is 0 Å². The highest BCUT2D eigenvalue weighted by atomic mass is 19.1. The van der Waals surface area contributed by atoms with Gasteiger partial charge in [-0.15, -0.1) is 0 Å². The molecular formula is C22H25FN2O5. The van der Waals surface area contributed by atoms with Crippen LogP contribution >= 0.6 is 0 Å². The number of methoxy groups -OCH3 is 1. The van der Waals surface area contributed by atoms with Gasteiger partial charge in [0.15, 0.2) is 0 Å². The average molecular weight is 416 g/mol. The van der Waals surface area contributed by atoms with Gasteiger partial charge < -0.3 is 25.2 Å². The first-order valence-electron chi connectivity index (χ1n) is 9.71. The fraction of sp³-hybridized carbons (Fsp3) is 0.364. The van der Waals surface area contributed by atoms with Crippen LogP contribution in [0.5, 0.6) is 5.75 Å². The van der Waals surface area contributed by atoms with Gasteiger partial charge in [-0.25, -0.2) is 9.18 Å². The molecule has 1 aliphatic rings. The van der Waals surface area contributed by atoms with Gasteiger partial charge in [0.05, 0.1) is 18.8 Å². The molecule has 0 atom stereocenters. The lowest BCUT2D eigenvalue weighted by atomic mass is 9.98. The second-order valence-corrected chi connectivity index (χ2v) is 7.34. The number of ether oxygens (including phenoxy) is 2. The number of primary amides is 1. The van der Waals surface area contributed by atoms with Crippen molar-refractivity contribution in [1.82, 2.24) is 4.90 Å². The van der Waals surface area contributed by atoms with Crippen LogP contribution in [0.1, 0.15) is 28.8 Å². The van der Waals surface area contributed by atoms with E-state index in [1.165, 1.54) is 17.0 Å². The van der Waals surface area contributed by atoms with Gasteiger partial charge in [-0.1, -0.05) is 12.1 Å². The van der Waals surface area contributed by atoms with E-state index in [-0.39, 0.29) is 11.5 Å². The number of nitrogens with zero attached hydrogens (tertiary/aromatic N) is 1. The minimum Gasteiger partial charge on any atom is -0.493 e. The van der Waals surface area contributed by atoms with Gasteiger partial charge in [-0.2, -0.15) is 0 Å². The predicted octanol–water partition coefficient (Wildman–Crippen LogP) is 3.51. The van der Waals surface area contributed by atoms with E-state index in [1.807, 2.05) is 18.2 Å². The van der Waals surface area contributed by atoms with Gasteiger partial charge >= 0.3 is 6.09 Å². The number of piperidine rings is 1. The van der Waals surface area contributed by atoms with Crippen LogP contribution < -0.4 is 10.5 Å². The van der Waals surface area contributed by atoms with Gasteiger partial charge in [0.1, 0.15) is 11.6 Å². The number of rotatable bonds is 7. The van der Waals surface area contributed by atoms with Crippen molar-refractivity contribution in [2.24, 2.45) is 11.7 Å². The summed E-state index contributed by atoms with van der Waals surface area (Å²) in [5, 5.41) is 9.04. The van der Waals surface area contributed by atoms with Crippen molar-refractivity contribution in [3.63, 3.8) is 0 Å². The van der Waals surface area contributed by atoms with Crippen LogP contribution in [0.4, 0.5) is 9.18 Å². The first-order valence-corrected chi connectivity index (χ1v) is 9.71. The molecule has 1 saturated heterocycles. The van der Waals surface area contributed by atoms with Crippen LogP contribution in [-0.4, -0.2) is 48.8 Å². The summed E-state index contributed by atoms with van der Waals surface area (Å²) < 4.78 is 25.4. The molecule has 0 bridgehead atoms. The summed E-state index contributed by atoms with van der Waals surface area (Å²) in [5.74, 6) is -0.514. The Kier molecular flexibility index (Phi) is 6.89. The zero-order valence-electron chi connectivity index (χ0n) is 16.8. The molecule has 2 aromatic rings. The zero-order chi connectivity index (χ0) is 21.7. The van der Waals surface area contributed by atoms with Gasteiger partial charge in [0.25, 0.3) is 5.91 Å². The standard InChI is InChI=1S/C22H25FN2O5/c1-29-13-17-10-15(16-2-4-18(21(24)26)19(23)11-16)3-5-20(17)30-12-14-6-8-25(9-7-14)22(27)28/h2-5,10-11,14H,6-9,12-13H2,1H3,(H2,24,26)(H,27,28). The SMILES string of the molecule is COCc1cc(-c2ccc(C(N)=O)c(F)c2)ccc1OCC1CCN(C(=O)O)CC1. The van der Waals surface area contributed by atoms with E-state index in [0.29, 0.717) is 37.6 Å². The molecule has 8 heteroatoms. The Morgan fingerprint density at radius 1 is 1.17 bits per heavy atom. The molecule has 160 valence electrons. The van der Waals surface area contributed by atoms with Gasteiger partial charge in [0, 0.05) is 25.8 Å². The molecule has 0 unspecified atom stereocenters. The molecule has 2 amide bonds. The predicted molar refractivity (Wildman–Crippen MR) is 109 cm³/mol. The Hall–Kier alpha value is -3.13. The highest BCUT2D eigenvalue weighted by Crippen LogP contribution is 2.29. The highest BCUT2D eigenvalue weighted by Gasteiger charge is 2.23. The van der Waals surface area contributed by atoms with E-state index in [0.717, 1.165) is 24.0 Å². The Morgan fingerprint density at radius 3 is 2.43 bits per heavy atom. The monoisotopic (exact) mass is 416 g/mol. The van der Waals surface area contributed by atoms with Crippen molar-refractivity contribution < 1.29 is 28.6 Å². The quantitative estimate of drug-likeness (QED) is 0.719. The molecule has 0 aromatic heterocycles. The lowest BCUT2D eigenvalue weighted by molar-refractivity contribution is 0.0996. The van der Waals surface area contributed by atoms with Crippen molar-refractivity contribution in [3.05, 3.63) is 53.3 Å². The number of hydrogen-bond acceptors (Lipinski definition) is 4. The van der Waals surface area contributed by atoms with E-state index < -0.39 is 17.8 Å². The molecule has 0 saturated carbocycles. The molecule has 1 fully saturated rings. The first-order chi connectivity index (χ1) is 14.4. The lowest BCUT2D eigenvalue weighted by Crippen LogP contribution is -2.38. The largest absolute Gasteiger partial charge is 0.493 e. The maximum Gasteiger partial charge on any atom is 0.407 e. The minimum atomic E-state index is -0.882. The molecule has 0 radical (unpaired) electrons. The zero-order valence-corrected chi connectivity index (χ0v) is 16.8. The molecule has 2 aromatic carbocycles. The molecule has 3 N–H and O–H groups in total. The molecule has 1 heterocycles. The molecule has 3 rings (SSSR count). The van der Waals surface area contributed by atoms with Crippen molar-refractivity contribution in [3.8, 4) is 16.9 Å². The molecule has 1 aliphatic heterocycles. The summed E-state index contributed by atoms with van der Waals surface area (Å²) in [4.78, 5) is 23.7. The Labute approximate surface area is 174 Å². The Bertz CT molecular complexity index is 926. The van der Waals surface area contributed by atoms with Crippen molar-refractivity contribution in [1.29, 1.82) is 0 Å². The van der Waals surface area contributed by atoms with Crippen molar-refractivity contribution in [2.45, 2.75) is 19.4 Å². The third-order valence-corrected chi connectivity index (χ3v) is 5.29. The van der Waals surface area contributed by atoms with E-state index in [1.54, 1.807) is 13.2 Å². The topological polar surface area (TPSA) is 102 Å². The third-order valence-electron chi connectivity index (χ3n) is 5.29. The first kappa shape index (κ1) is 21.6. The number of carbonyl (C=O) groups is 2. The summed E-state index contributed by atoms with van der Waals surface area (Å²) in [6, 6.07) is 9.80. The van der Waals surface area contributed by atoms with Crippen molar-refractivity contribution in [2.75, 3.05) is 26.8 Å². The highest BCUT2D eigenvalue weighted by molar-refractivity contribution is 5.93. The fourth-order valence-corrected chi connectivity index (χ4v) is 3.56. The number of benzene rings is 2. The van der Waals surface area contributed by atoms with Crippen LogP contribution in [-0.2, 0) is 11.3 Å². The van der Waals surface area contributed by atoms with Gasteiger partial charge in [-0.3, -0.25) is 4.79 Å². The molecule has 7 nitrogen and oxygen atoms in total. The number of amides is 2. The number of nitrogens with two attached hydrogens (primary N) is 1. The summed E-state index contributed by atoms with van der Waals surface area (Å²) >= 11 is 0. The van der Waals surface area contributed by atoms with Crippen LogP contribution in [0, 0.1) is 11.7 Å². The summed E-state index contributed by atoms with van der Waals surface area (Å²) in [6.45, 7) is 1.84. The molecular weight excluding hydrogens is 391 g/mol. The van der Waals surface area contributed by atoms with E-state index >= 15 is 0 Å². The Morgan fingerprint density at radius 2 is 1.83 bits per heavy atom. The van der Waals surface area contributed by atoms with Gasteiger partial charge in [0.2, 0.25) is 0 Å². The summed E-state index contributed by atoms with van der Waals surface area (Å²) in [6.07, 6.45) is 0.637. The third kappa shape index (κ3) is 5.07. The minimum absolute atomic E-state index is 0.148. The lowest BCUT2D eigenvalue weighted by Gasteiger charge is -2.30. The second-order valence-electron chi connectivity index (χ2n) is 7.34. The van der Waals surface area contributed by atoms with Crippen molar-refractivity contribution >= 4 is 12.0 Å². The van der Waals surface area contributed by atoms with Crippen LogP contribution in [0.25, 0.3) is 11.1 Å². The normalized spacial score (nSPS) is 14.5. The number of carboxylic acid groups (broad SMARTS) is 1. The maximum absolute atomic E-state index is 14.1. The summed E-state index contributed by atoms with van der Waals surface area (Å²) in [5.41, 5.74) is 7.21. The fourth-order valence-electron chi connectivity index (χ4n) is 3.56. The molecule has 0 spiro atoms. The molecule has 30 heavy (non-hydrogen) atoms. The number of hydrogen-bond donors (Lipinski definition) is 2. The van der Waals surface area contributed by atoms with Gasteiger partial charge in [-0.05, 0) is 54.2 Å². The average Bonchev–Trinajstić information content (AvgIpc) is 2.73. The van der Waals surface area contributed by atoms with Crippen LogP contribution in [0.2, 0.25) is 0 Å². The van der Waals surface area contributed by atoms with Crippen LogP contribution in [0.15, 0.2) is 36.4 Å². The molecule has 0 aliphatic carbocycles. The number of carbonyl (C=O) groups excluding carboxylic acids is 1. The van der Waals surface area contributed by atoms with E-state index in [4.69, 9.17) is 20.3 Å². The smallest absolute Gasteiger partial charge is 0.407 e. The van der Waals surface area contributed by atoms with Crippen LogP contribution in [0.3, 0.4) is 0 Å². The summed E-state index contributed by atoms with van der Waals surface area (Å²) in [7, 11) is 1.58. The number of likely N-dealkylation sites (tertiary alicyclic amines) is 1. The second kappa shape index (κ2) is 9.58. The maximum atomic E-state index is 14.1.